The molecule has 0 aliphatic heterocycles. The first-order valence-corrected chi connectivity index (χ1v) is 8.90. The van der Waals surface area contributed by atoms with Crippen LogP contribution >= 0.6 is 0 Å². The van der Waals surface area contributed by atoms with Crippen LogP contribution in [0.25, 0.3) is 0 Å². The number of nitrogens with one attached hydrogen (secondary N) is 1. The van der Waals surface area contributed by atoms with Crippen molar-refractivity contribution >= 4 is 21.6 Å². The Hall–Kier alpha value is -2.25. The highest BCUT2D eigenvalue weighted by molar-refractivity contribution is 7.88. The lowest BCUT2D eigenvalue weighted by Crippen LogP contribution is -2.36. The van der Waals surface area contributed by atoms with Crippen molar-refractivity contribution in [1.29, 1.82) is 0 Å². The largest absolute Gasteiger partial charge is 0.325 e. The van der Waals surface area contributed by atoms with E-state index in [0.29, 0.717) is 5.69 Å². The van der Waals surface area contributed by atoms with Crippen LogP contribution in [0, 0.1) is 6.92 Å². The Morgan fingerprint density at radius 2 is 2.04 bits per heavy atom. The minimum atomic E-state index is -3.51. The maximum Gasteiger partial charge on any atom is 0.239 e. The number of aryl methyl sites for hydroxylation is 1. The molecule has 1 aromatic heterocycles. The molecule has 1 N–H and O–H groups in total. The lowest BCUT2D eigenvalue weighted by molar-refractivity contribution is -0.116. The van der Waals surface area contributed by atoms with Gasteiger partial charge in [-0.2, -0.15) is 4.31 Å². The standard InChI is InChI=1S/C16H19N3O3S/c1-13-5-3-7-15(9-13)18-16(20)12-19(23(2,21)22)11-14-6-4-8-17-10-14/h3-10H,11-12H2,1-2H3,(H,18,20). The van der Waals surface area contributed by atoms with Gasteiger partial charge in [0.25, 0.3) is 0 Å². The van der Waals surface area contributed by atoms with E-state index in [2.05, 4.69) is 10.3 Å². The normalized spacial score (nSPS) is 11.4. The Morgan fingerprint density at radius 1 is 1.26 bits per heavy atom. The summed E-state index contributed by atoms with van der Waals surface area (Å²) in [5.74, 6) is -0.384. The smallest absolute Gasteiger partial charge is 0.239 e. The molecule has 2 rings (SSSR count). The summed E-state index contributed by atoms with van der Waals surface area (Å²) in [4.78, 5) is 16.1. The van der Waals surface area contributed by atoms with Gasteiger partial charge >= 0.3 is 0 Å². The molecule has 7 heteroatoms. The second-order valence-electron chi connectivity index (χ2n) is 5.31. The minimum Gasteiger partial charge on any atom is -0.325 e. The van der Waals surface area contributed by atoms with Crippen LogP contribution in [0.2, 0.25) is 0 Å². The third kappa shape index (κ3) is 5.46. The Kier molecular flexibility index (Phi) is 5.46. The molecular weight excluding hydrogens is 314 g/mol. The predicted molar refractivity (Wildman–Crippen MR) is 89.3 cm³/mol. The van der Waals surface area contributed by atoms with Crippen LogP contribution in [-0.4, -0.2) is 36.4 Å². The molecule has 2 aromatic rings. The number of sulfonamides is 1. The van der Waals surface area contributed by atoms with Crippen molar-refractivity contribution in [3.05, 3.63) is 59.9 Å². The molecule has 23 heavy (non-hydrogen) atoms. The molecular formula is C16H19N3O3S. The maximum absolute atomic E-state index is 12.1. The average molecular weight is 333 g/mol. The first-order valence-electron chi connectivity index (χ1n) is 7.05. The molecule has 0 bridgehead atoms. The lowest BCUT2D eigenvalue weighted by Gasteiger charge is -2.19. The third-order valence-corrected chi connectivity index (χ3v) is 4.37. The molecule has 6 nitrogen and oxygen atoms in total. The number of pyridine rings is 1. The molecule has 0 radical (unpaired) electrons. The van der Waals surface area contributed by atoms with Gasteiger partial charge in [-0.3, -0.25) is 9.78 Å². The van der Waals surface area contributed by atoms with Gasteiger partial charge in [-0.15, -0.1) is 0 Å². The Labute approximate surface area is 136 Å². The molecule has 0 unspecified atom stereocenters. The summed E-state index contributed by atoms with van der Waals surface area (Å²) in [6.45, 7) is 1.77. The van der Waals surface area contributed by atoms with Crippen LogP contribution in [0.1, 0.15) is 11.1 Å². The summed E-state index contributed by atoms with van der Waals surface area (Å²) in [6, 6.07) is 10.8. The van der Waals surface area contributed by atoms with Gasteiger partial charge in [0.1, 0.15) is 0 Å². The second-order valence-corrected chi connectivity index (χ2v) is 7.29. The number of hydrogen-bond donors (Lipinski definition) is 1. The van der Waals surface area contributed by atoms with Crippen LogP contribution < -0.4 is 5.32 Å². The average Bonchev–Trinajstić information content (AvgIpc) is 2.46. The van der Waals surface area contributed by atoms with E-state index in [1.165, 1.54) is 0 Å². The fraction of sp³-hybridized carbons (Fsp3) is 0.250. The monoisotopic (exact) mass is 333 g/mol. The number of rotatable bonds is 6. The molecule has 0 aliphatic carbocycles. The van der Waals surface area contributed by atoms with Crippen LogP contribution in [0.3, 0.4) is 0 Å². The van der Waals surface area contributed by atoms with Crippen molar-refractivity contribution in [3.8, 4) is 0 Å². The number of anilines is 1. The van der Waals surface area contributed by atoms with Gasteiger partial charge in [0.15, 0.2) is 0 Å². The second kappa shape index (κ2) is 7.34. The number of aromatic nitrogens is 1. The number of amides is 1. The molecule has 0 fully saturated rings. The van der Waals surface area contributed by atoms with Crippen LogP contribution in [-0.2, 0) is 21.4 Å². The molecule has 1 amide bonds. The molecule has 0 atom stereocenters. The van der Waals surface area contributed by atoms with Crippen molar-refractivity contribution in [2.45, 2.75) is 13.5 Å². The third-order valence-electron chi connectivity index (χ3n) is 3.17. The van der Waals surface area contributed by atoms with Crippen molar-refractivity contribution in [2.24, 2.45) is 0 Å². The van der Waals surface area contributed by atoms with Crippen LogP contribution in [0.5, 0.6) is 0 Å². The van der Waals surface area contributed by atoms with Gasteiger partial charge < -0.3 is 5.32 Å². The highest BCUT2D eigenvalue weighted by atomic mass is 32.2. The number of benzene rings is 1. The number of carbonyl (C=O) groups is 1. The van der Waals surface area contributed by atoms with Gasteiger partial charge in [-0.05, 0) is 36.2 Å². The van der Waals surface area contributed by atoms with Gasteiger partial charge in [-0.1, -0.05) is 18.2 Å². The first-order chi connectivity index (χ1) is 10.8. The van der Waals surface area contributed by atoms with E-state index < -0.39 is 10.0 Å². The van der Waals surface area contributed by atoms with Crippen molar-refractivity contribution in [3.63, 3.8) is 0 Å². The molecule has 1 heterocycles. The van der Waals surface area contributed by atoms with E-state index in [9.17, 15) is 13.2 Å². The molecule has 122 valence electrons. The van der Waals surface area contributed by atoms with E-state index >= 15 is 0 Å². The summed E-state index contributed by atoms with van der Waals surface area (Å²) in [7, 11) is -3.51. The fourth-order valence-corrected chi connectivity index (χ4v) is 2.80. The number of nitrogens with zero attached hydrogens (tertiary/aromatic N) is 2. The summed E-state index contributed by atoms with van der Waals surface area (Å²) in [5.41, 5.74) is 2.38. The van der Waals surface area contributed by atoms with Crippen molar-refractivity contribution in [2.75, 3.05) is 18.1 Å². The topological polar surface area (TPSA) is 79.4 Å². The maximum atomic E-state index is 12.1. The highest BCUT2D eigenvalue weighted by Crippen LogP contribution is 2.11. The molecule has 0 spiro atoms. The fourth-order valence-electron chi connectivity index (χ4n) is 2.07. The summed E-state index contributed by atoms with van der Waals surface area (Å²) < 4.78 is 24.9. The summed E-state index contributed by atoms with van der Waals surface area (Å²) in [5, 5.41) is 2.71. The molecule has 0 saturated carbocycles. The van der Waals surface area contributed by atoms with Gasteiger partial charge in [0.05, 0.1) is 12.8 Å². The van der Waals surface area contributed by atoms with Crippen molar-refractivity contribution in [1.82, 2.24) is 9.29 Å². The number of carbonyl (C=O) groups excluding carboxylic acids is 1. The molecule has 0 saturated heterocycles. The van der Waals surface area contributed by atoms with E-state index in [1.54, 1.807) is 30.6 Å². The van der Waals surface area contributed by atoms with E-state index in [1.807, 2.05) is 25.1 Å². The van der Waals surface area contributed by atoms with E-state index in [4.69, 9.17) is 0 Å². The summed E-state index contributed by atoms with van der Waals surface area (Å²) >= 11 is 0. The van der Waals surface area contributed by atoms with Gasteiger partial charge in [-0.25, -0.2) is 8.42 Å². The van der Waals surface area contributed by atoms with Gasteiger partial charge in [0, 0.05) is 24.6 Å². The first kappa shape index (κ1) is 17.1. The van der Waals surface area contributed by atoms with E-state index in [0.717, 1.165) is 21.7 Å². The molecule has 0 aliphatic rings. The highest BCUT2D eigenvalue weighted by Gasteiger charge is 2.20. The predicted octanol–water partition coefficient (Wildman–Crippen LogP) is 1.79. The quantitative estimate of drug-likeness (QED) is 0.874. The Morgan fingerprint density at radius 3 is 2.65 bits per heavy atom. The van der Waals surface area contributed by atoms with E-state index in [-0.39, 0.29) is 19.0 Å². The Bertz CT molecular complexity index is 776. The zero-order chi connectivity index (χ0) is 16.9. The molecule has 1 aromatic carbocycles. The number of hydrogen-bond acceptors (Lipinski definition) is 4. The van der Waals surface area contributed by atoms with Crippen LogP contribution in [0.15, 0.2) is 48.8 Å². The minimum absolute atomic E-state index is 0.105. The zero-order valence-electron chi connectivity index (χ0n) is 13.1. The van der Waals surface area contributed by atoms with Gasteiger partial charge in [0.2, 0.25) is 15.9 Å². The van der Waals surface area contributed by atoms with Crippen molar-refractivity contribution < 1.29 is 13.2 Å². The lowest BCUT2D eigenvalue weighted by atomic mass is 10.2. The Balaban J connectivity index is 2.07. The zero-order valence-corrected chi connectivity index (χ0v) is 13.9. The summed E-state index contributed by atoms with van der Waals surface area (Å²) in [6.07, 6.45) is 4.28. The SMILES string of the molecule is Cc1cccc(NC(=O)CN(Cc2cccnc2)S(C)(=O)=O)c1. The van der Waals surface area contributed by atoms with Crippen LogP contribution in [0.4, 0.5) is 5.69 Å².